The van der Waals surface area contributed by atoms with Gasteiger partial charge in [-0.15, -0.1) is 0 Å². The smallest absolute Gasteiger partial charge is 0.128 e. The minimum Gasteiger partial charge on any atom is -0.488 e. The van der Waals surface area contributed by atoms with E-state index in [1.807, 2.05) is 19.2 Å². The highest BCUT2D eigenvalue weighted by Gasteiger charge is 2.43. The molecule has 1 saturated carbocycles. The number of hydrogen-bond acceptors (Lipinski definition) is 4. The molecule has 3 unspecified atom stereocenters. The van der Waals surface area contributed by atoms with Gasteiger partial charge in [0.15, 0.2) is 0 Å². The first-order valence-corrected chi connectivity index (χ1v) is 7.31. The van der Waals surface area contributed by atoms with Gasteiger partial charge < -0.3 is 19.5 Å². The highest BCUT2D eigenvalue weighted by Crippen LogP contribution is 2.29. The average Bonchev–Trinajstić information content (AvgIpc) is 2.48. The molecule has 0 saturated heterocycles. The van der Waals surface area contributed by atoms with Gasteiger partial charge >= 0.3 is 0 Å². The number of benzene rings is 1. The summed E-state index contributed by atoms with van der Waals surface area (Å²) in [6.45, 7) is 3.37. The second-order valence-electron chi connectivity index (χ2n) is 5.11. The predicted molar refractivity (Wildman–Crippen MR) is 79.3 cm³/mol. The summed E-state index contributed by atoms with van der Waals surface area (Å²) in [6.07, 6.45) is 2.25. The van der Waals surface area contributed by atoms with Crippen LogP contribution in [0.5, 0.6) is 5.75 Å². The van der Waals surface area contributed by atoms with E-state index in [4.69, 9.17) is 14.2 Å². The summed E-state index contributed by atoms with van der Waals surface area (Å²) in [5.41, 5.74) is 1.33. The first kappa shape index (κ1) is 15.3. The van der Waals surface area contributed by atoms with Crippen LogP contribution in [-0.4, -0.2) is 45.6 Å². The normalized spacial score (nSPS) is 25.2. The Morgan fingerprint density at radius 2 is 1.95 bits per heavy atom. The van der Waals surface area contributed by atoms with Crippen LogP contribution in [0.3, 0.4) is 0 Å². The van der Waals surface area contributed by atoms with Gasteiger partial charge in [0.2, 0.25) is 0 Å². The molecule has 4 heteroatoms. The summed E-state index contributed by atoms with van der Waals surface area (Å²) >= 11 is 0. The first-order chi connectivity index (χ1) is 9.78. The van der Waals surface area contributed by atoms with Crippen LogP contribution in [0.1, 0.15) is 18.9 Å². The fourth-order valence-electron chi connectivity index (χ4n) is 2.45. The standard InChI is InChI=1S/C16H25NO3/c1-4-12-5-7-13(8-6-12)20-15-11-14(17-2)16(15)19-10-9-18-3/h5-8,14-17H,4,9-11H2,1-3H3. The maximum absolute atomic E-state index is 6.02. The van der Waals surface area contributed by atoms with Crippen LogP contribution in [0.4, 0.5) is 0 Å². The third-order valence-electron chi connectivity index (χ3n) is 3.84. The van der Waals surface area contributed by atoms with Gasteiger partial charge in [0.1, 0.15) is 18.0 Å². The Labute approximate surface area is 121 Å². The molecule has 20 heavy (non-hydrogen) atoms. The highest BCUT2D eigenvalue weighted by molar-refractivity contribution is 5.27. The van der Waals surface area contributed by atoms with E-state index in [9.17, 15) is 0 Å². The van der Waals surface area contributed by atoms with E-state index in [1.165, 1.54) is 5.56 Å². The van der Waals surface area contributed by atoms with E-state index in [0.717, 1.165) is 18.6 Å². The molecule has 2 rings (SSSR count). The zero-order valence-electron chi connectivity index (χ0n) is 12.6. The summed E-state index contributed by atoms with van der Waals surface area (Å²) in [7, 11) is 3.65. The van der Waals surface area contributed by atoms with Crippen molar-refractivity contribution >= 4 is 0 Å². The molecule has 1 fully saturated rings. The summed E-state index contributed by atoms with van der Waals surface area (Å²) < 4.78 is 16.9. The zero-order valence-corrected chi connectivity index (χ0v) is 12.6. The molecule has 4 nitrogen and oxygen atoms in total. The van der Waals surface area contributed by atoms with Crippen LogP contribution in [0.2, 0.25) is 0 Å². The SMILES string of the molecule is CCc1ccc(OC2CC(NC)C2OCCOC)cc1. The van der Waals surface area contributed by atoms with Crippen molar-refractivity contribution in [3.63, 3.8) is 0 Å². The van der Waals surface area contributed by atoms with Gasteiger partial charge in [-0.05, 0) is 31.2 Å². The monoisotopic (exact) mass is 279 g/mol. The van der Waals surface area contributed by atoms with Crippen molar-refractivity contribution < 1.29 is 14.2 Å². The molecular formula is C16H25NO3. The minimum atomic E-state index is 0.0981. The number of rotatable bonds is 8. The molecule has 1 aliphatic rings. The fourth-order valence-corrected chi connectivity index (χ4v) is 2.45. The molecule has 0 bridgehead atoms. The van der Waals surface area contributed by atoms with Gasteiger partial charge in [0.05, 0.1) is 13.2 Å². The van der Waals surface area contributed by atoms with Crippen molar-refractivity contribution in [3.8, 4) is 5.75 Å². The van der Waals surface area contributed by atoms with E-state index in [-0.39, 0.29) is 12.2 Å². The first-order valence-electron chi connectivity index (χ1n) is 7.31. The lowest BCUT2D eigenvalue weighted by molar-refractivity contribution is -0.114. The molecule has 112 valence electrons. The number of aryl methyl sites for hydroxylation is 1. The number of hydrogen-bond donors (Lipinski definition) is 1. The van der Waals surface area contributed by atoms with E-state index >= 15 is 0 Å². The van der Waals surface area contributed by atoms with E-state index in [0.29, 0.717) is 19.3 Å². The molecular weight excluding hydrogens is 254 g/mol. The molecule has 0 aromatic heterocycles. The Bertz CT molecular complexity index is 393. The van der Waals surface area contributed by atoms with Crippen LogP contribution in [0.15, 0.2) is 24.3 Å². The Hall–Kier alpha value is -1.10. The van der Waals surface area contributed by atoms with Crippen LogP contribution in [-0.2, 0) is 15.9 Å². The van der Waals surface area contributed by atoms with Gasteiger partial charge in [0, 0.05) is 19.6 Å². The summed E-state index contributed by atoms with van der Waals surface area (Å²) in [6, 6.07) is 8.68. The molecule has 1 aliphatic carbocycles. The van der Waals surface area contributed by atoms with E-state index < -0.39 is 0 Å². The fraction of sp³-hybridized carbons (Fsp3) is 0.625. The second-order valence-corrected chi connectivity index (χ2v) is 5.11. The highest BCUT2D eigenvalue weighted by atomic mass is 16.6. The largest absolute Gasteiger partial charge is 0.488 e. The minimum absolute atomic E-state index is 0.0981. The predicted octanol–water partition coefficient (Wildman–Crippen LogP) is 2.02. The van der Waals surface area contributed by atoms with Crippen molar-refractivity contribution in [2.24, 2.45) is 0 Å². The number of nitrogens with one attached hydrogen (secondary N) is 1. The Balaban J connectivity index is 1.87. The maximum Gasteiger partial charge on any atom is 0.128 e. The summed E-state index contributed by atoms with van der Waals surface area (Å²) in [5, 5.41) is 3.27. The van der Waals surface area contributed by atoms with Crippen molar-refractivity contribution in [2.75, 3.05) is 27.4 Å². The van der Waals surface area contributed by atoms with Crippen LogP contribution < -0.4 is 10.1 Å². The van der Waals surface area contributed by atoms with Gasteiger partial charge in [-0.1, -0.05) is 19.1 Å². The van der Waals surface area contributed by atoms with Crippen molar-refractivity contribution in [3.05, 3.63) is 29.8 Å². The lowest BCUT2D eigenvalue weighted by atomic mass is 9.85. The third kappa shape index (κ3) is 3.72. The molecule has 1 aromatic rings. The van der Waals surface area contributed by atoms with Crippen molar-refractivity contribution in [1.29, 1.82) is 0 Å². The molecule has 0 amide bonds. The Kier molecular flexibility index (Phi) is 5.83. The van der Waals surface area contributed by atoms with Crippen molar-refractivity contribution in [1.82, 2.24) is 5.32 Å². The van der Waals surface area contributed by atoms with E-state index in [2.05, 4.69) is 24.4 Å². The maximum atomic E-state index is 6.02. The van der Waals surface area contributed by atoms with Crippen molar-refractivity contribution in [2.45, 2.75) is 38.0 Å². The Morgan fingerprint density at radius 1 is 1.20 bits per heavy atom. The number of likely N-dealkylation sites (N-methyl/N-ethyl adjacent to an activating group) is 1. The molecule has 1 aromatic carbocycles. The number of ether oxygens (including phenoxy) is 3. The van der Waals surface area contributed by atoms with Crippen LogP contribution in [0, 0.1) is 0 Å². The van der Waals surface area contributed by atoms with Gasteiger partial charge in [-0.2, -0.15) is 0 Å². The topological polar surface area (TPSA) is 39.7 Å². The Morgan fingerprint density at radius 3 is 2.55 bits per heavy atom. The summed E-state index contributed by atoms with van der Waals surface area (Å²) in [5.74, 6) is 0.919. The number of methoxy groups -OCH3 is 1. The average molecular weight is 279 g/mol. The molecule has 0 heterocycles. The molecule has 3 atom stereocenters. The molecule has 1 N–H and O–H groups in total. The lowest BCUT2D eigenvalue weighted by Crippen LogP contribution is -2.60. The summed E-state index contributed by atoms with van der Waals surface area (Å²) in [4.78, 5) is 0. The quantitative estimate of drug-likeness (QED) is 0.739. The molecule has 0 radical (unpaired) electrons. The lowest BCUT2D eigenvalue weighted by Gasteiger charge is -2.43. The van der Waals surface area contributed by atoms with Crippen LogP contribution in [0.25, 0.3) is 0 Å². The van der Waals surface area contributed by atoms with Gasteiger partial charge in [0.25, 0.3) is 0 Å². The van der Waals surface area contributed by atoms with Gasteiger partial charge in [-0.3, -0.25) is 0 Å². The third-order valence-corrected chi connectivity index (χ3v) is 3.84. The van der Waals surface area contributed by atoms with Gasteiger partial charge in [-0.25, -0.2) is 0 Å². The second kappa shape index (κ2) is 7.62. The van der Waals surface area contributed by atoms with E-state index in [1.54, 1.807) is 7.11 Å². The zero-order chi connectivity index (χ0) is 14.4. The molecule has 0 aliphatic heterocycles. The van der Waals surface area contributed by atoms with Crippen LogP contribution >= 0.6 is 0 Å². The molecule has 0 spiro atoms.